The number of carbonyl (C=O) groups is 1. The van der Waals surface area contributed by atoms with Crippen LogP contribution in [0.3, 0.4) is 0 Å². The Labute approximate surface area is 85.9 Å². The molecule has 1 aliphatic carbocycles. The van der Waals surface area contributed by atoms with Crippen LogP contribution in [0.25, 0.3) is 0 Å². The number of carbonyl (C=O) groups excluding carboxylic acids is 1. The van der Waals surface area contributed by atoms with Crippen molar-refractivity contribution in [2.45, 2.75) is 51.0 Å². The van der Waals surface area contributed by atoms with Crippen LogP contribution >= 0.6 is 0 Å². The van der Waals surface area contributed by atoms with Gasteiger partial charge >= 0.3 is 0 Å². The van der Waals surface area contributed by atoms with Crippen LogP contribution < -0.4 is 10.9 Å². The van der Waals surface area contributed by atoms with E-state index in [1.165, 1.54) is 26.2 Å². The Balaban J connectivity index is 2.50. The van der Waals surface area contributed by atoms with Gasteiger partial charge in [-0.1, -0.05) is 25.3 Å². The lowest BCUT2D eigenvalue weighted by molar-refractivity contribution is -0.120. The van der Waals surface area contributed by atoms with Gasteiger partial charge in [-0.3, -0.25) is 10.2 Å². The van der Waals surface area contributed by atoms with Crippen molar-refractivity contribution >= 4 is 5.91 Å². The van der Waals surface area contributed by atoms with Gasteiger partial charge in [-0.15, -0.1) is 6.58 Å². The molecule has 0 atom stereocenters. The molecular formula is C11H20N2O. The van der Waals surface area contributed by atoms with E-state index in [1.54, 1.807) is 0 Å². The Morgan fingerprint density at radius 2 is 2.07 bits per heavy atom. The minimum Gasteiger partial charge on any atom is -0.291 e. The van der Waals surface area contributed by atoms with Gasteiger partial charge in [0.2, 0.25) is 5.91 Å². The predicted octanol–water partition coefficient (Wildman–Crippen LogP) is 1.91. The molecular weight excluding hydrogens is 176 g/mol. The monoisotopic (exact) mass is 196 g/mol. The first-order valence-electron chi connectivity index (χ1n) is 5.33. The molecule has 0 heterocycles. The van der Waals surface area contributed by atoms with Gasteiger partial charge in [0.25, 0.3) is 0 Å². The Kier molecular flexibility index (Phi) is 4.14. The third-order valence-electron chi connectivity index (χ3n) is 2.85. The van der Waals surface area contributed by atoms with E-state index in [9.17, 15) is 4.79 Å². The highest BCUT2D eigenvalue weighted by Crippen LogP contribution is 2.30. The minimum absolute atomic E-state index is 0.0287. The normalized spacial score (nSPS) is 20.1. The molecule has 1 aliphatic rings. The third kappa shape index (κ3) is 3.14. The summed E-state index contributed by atoms with van der Waals surface area (Å²) in [5, 5.41) is 0. The van der Waals surface area contributed by atoms with Crippen molar-refractivity contribution in [2.24, 2.45) is 0 Å². The molecule has 3 nitrogen and oxygen atoms in total. The lowest BCUT2D eigenvalue weighted by atomic mass is 9.80. The number of nitrogens with one attached hydrogen (secondary N) is 2. The fourth-order valence-corrected chi connectivity index (χ4v) is 2.11. The van der Waals surface area contributed by atoms with Crippen LogP contribution in [-0.4, -0.2) is 11.4 Å². The quantitative estimate of drug-likeness (QED) is 0.532. The van der Waals surface area contributed by atoms with Gasteiger partial charge in [0.15, 0.2) is 0 Å². The molecule has 0 spiro atoms. The average molecular weight is 196 g/mol. The van der Waals surface area contributed by atoms with Crippen molar-refractivity contribution in [3.63, 3.8) is 0 Å². The topological polar surface area (TPSA) is 41.1 Å². The van der Waals surface area contributed by atoms with Gasteiger partial charge in [0.05, 0.1) is 0 Å². The maximum atomic E-state index is 10.8. The summed E-state index contributed by atoms with van der Waals surface area (Å²) in [6, 6.07) is 0. The van der Waals surface area contributed by atoms with E-state index in [-0.39, 0.29) is 11.4 Å². The van der Waals surface area contributed by atoms with Crippen molar-refractivity contribution in [1.82, 2.24) is 10.9 Å². The minimum atomic E-state index is -0.0287. The van der Waals surface area contributed by atoms with Gasteiger partial charge < -0.3 is 0 Å². The van der Waals surface area contributed by atoms with E-state index in [2.05, 4.69) is 17.4 Å². The summed E-state index contributed by atoms with van der Waals surface area (Å²) in [7, 11) is 0. The Bertz CT molecular complexity index is 207. The zero-order chi connectivity index (χ0) is 10.4. The Hall–Kier alpha value is -0.830. The van der Waals surface area contributed by atoms with Gasteiger partial charge in [0, 0.05) is 12.5 Å². The molecule has 2 N–H and O–H groups in total. The summed E-state index contributed by atoms with van der Waals surface area (Å²) < 4.78 is 0. The average Bonchev–Trinajstić information content (AvgIpc) is 2.17. The summed E-state index contributed by atoms with van der Waals surface area (Å²) in [5.74, 6) is -0.0287. The molecule has 3 heteroatoms. The van der Waals surface area contributed by atoms with E-state index in [1.807, 2.05) is 6.08 Å². The van der Waals surface area contributed by atoms with Crippen LogP contribution in [0.5, 0.6) is 0 Å². The molecule has 1 saturated carbocycles. The summed E-state index contributed by atoms with van der Waals surface area (Å²) >= 11 is 0. The number of hydrogen-bond acceptors (Lipinski definition) is 2. The molecule has 0 aromatic carbocycles. The molecule has 0 aliphatic heterocycles. The van der Waals surface area contributed by atoms with Crippen LogP contribution in [0.15, 0.2) is 12.7 Å². The lowest BCUT2D eigenvalue weighted by Crippen LogP contribution is -2.54. The summed E-state index contributed by atoms with van der Waals surface area (Å²) in [6.45, 7) is 5.30. The van der Waals surface area contributed by atoms with Gasteiger partial charge in [-0.2, -0.15) is 0 Å². The van der Waals surface area contributed by atoms with Crippen LogP contribution in [0.1, 0.15) is 45.4 Å². The number of amides is 1. The van der Waals surface area contributed by atoms with Crippen molar-refractivity contribution in [3.05, 3.63) is 12.7 Å². The van der Waals surface area contributed by atoms with E-state index >= 15 is 0 Å². The maximum absolute atomic E-state index is 10.8. The molecule has 0 radical (unpaired) electrons. The first kappa shape index (κ1) is 11.2. The number of hydrogen-bond donors (Lipinski definition) is 2. The van der Waals surface area contributed by atoms with Crippen molar-refractivity contribution in [1.29, 1.82) is 0 Å². The molecule has 0 saturated heterocycles. The van der Waals surface area contributed by atoms with Gasteiger partial charge in [-0.05, 0) is 19.3 Å². The van der Waals surface area contributed by atoms with Crippen LogP contribution in [0, 0.1) is 0 Å². The fraction of sp³-hybridized carbons (Fsp3) is 0.727. The third-order valence-corrected chi connectivity index (χ3v) is 2.85. The lowest BCUT2D eigenvalue weighted by Gasteiger charge is -2.37. The smallest absolute Gasteiger partial charge is 0.230 e. The fourth-order valence-electron chi connectivity index (χ4n) is 2.11. The van der Waals surface area contributed by atoms with Crippen LogP contribution in [0.4, 0.5) is 0 Å². The number of rotatable bonds is 4. The molecule has 14 heavy (non-hydrogen) atoms. The molecule has 1 rings (SSSR count). The van der Waals surface area contributed by atoms with E-state index in [0.717, 1.165) is 19.3 Å². The Morgan fingerprint density at radius 3 is 2.57 bits per heavy atom. The summed E-state index contributed by atoms with van der Waals surface area (Å²) in [5.41, 5.74) is 5.93. The second-order valence-corrected chi connectivity index (χ2v) is 4.14. The highest BCUT2D eigenvalue weighted by Gasteiger charge is 2.30. The molecule has 0 aromatic rings. The first-order chi connectivity index (χ1) is 6.68. The van der Waals surface area contributed by atoms with Crippen molar-refractivity contribution < 1.29 is 4.79 Å². The van der Waals surface area contributed by atoms with Crippen molar-refractivity contribution in [2.75, 3.05) is 0 Å². The van der Waals surface area contributed by atoms with Gasteiger partial charge in [-0.25, -0.2) is 5.43 Å². The molecule has 0 unspecified atom stereocenters. The second-order valence-electron chi connectivity index (χ2n) is 4.14. The predicted molar refractivity (Wildman–Crippen MR) is 57.6 cm³/mol. The first-order valence-corrected chi connectivity index (χ1v) is 5.33. The second kappa shape index (κ2) is 5.15. The van der Waals surface area contributed by atoms with E-state index < -0.39 is 0 Å². The standard InChI is InChI=1S/C11H20N2O/c1-3-7-11(13-12-10(2)14)8-5-4-6-9-11/h3,13H,1,4-9H2,2H3,(H,12,14). The molecule has 80 valence electrons. The SMILES string of the molecule is C=CCC1(NNC(C)=O)CCCCC1. The molecule has 0 aromatic heterocycles. The zero-order valence-electron chi connectivity index (χ0n) is 8.94. The molecule has 1 amide bonds. The molecule has 1 fully saturated rings. The van der Waals surface area contributed by atoms with E-state index in [0.29, 0.717) is 0 Å². The maximum Gasteiger partial charge on any atom is 0.230 e. The zero-order valence-corrected chi connectivity index (χ0v) is 8.94. The summed E-state index contributed by atoms with van der Waals surface area (Å²) in [6.07, 6.45) is 8.88. The van der Waals surface area contributed by atoms with Crippen LogP contribution in [0.2, 0.25) is 0 Å². The highest BCUT2D eigenvalue weighted by atomic mass is 16.2. The molecule has 0 bridgehead atoms. The Morgan fingerprint density at radius 1 is 1.43 bits per heavy atom. The number of hydrazine groups is 1. The van der Waals surface area contributed by atoms with Gasteiger partial charge in [0.1, 0.15) is 0 Å². The highest BCUT2D eigenvalue weighted by molar-refractivity contribution is 5.72. The summed E-state index contributed by atoms with van der Waals surface area (Å²) in [4.78, 5) is 10.8. The van der Waals surface area contributed by atoms with Crippen molar-refractivity contribution in [3.8, 4) is 0 Å². The van der Waals surface area contributed by atoms with Crippen LogP contribution in [-0.2, 0) is 4.79 Å². The largest absolute Gasteiger partial charge is 0.291 e. The van der Waals surface area contributed by atoms with E-state index in [4.69, 9.17) is 0 Å².